The van der Waals surface area contributed by atoms with Gasteiger partial charge in [-0.25, -0.2) is 0 Å². The van der Waals surface area contributed by atoms with E-state index in [9.17, 15) is 4.79 Å². The van der Waals surface area contributed by atoms with Crippen LogP contribution in [0.1, 0.15) is 15.9 Å². The summed E-state index contributed by atoms with van der Waals surface area (Å²) in [7, 11) is -0.238. The molecule has 1 amide bonds. The van der Waals surface area contributed by atoms with Crippen molar-refractivity contribution in [1.82, 2.24) is 5.32 Å². The first-order chi connectivity index (χ1) is 7.08. The third-order valence-electron chi connectivity index (χ3n) is 1.87. The van der Waals surface area contributed by atoms with Crippen molar-refractivity contribution in [3.63, 3.8) is 0 Å². The van der Waals surface area contributed by atoms with Crippen LogP contribution < -0.4 is 10.8 Å². The van der Waals surface area contributed by atoms with Crippen molar-refractivity contribution in [2.24, 2.45) is 0 Å². The molecule has 0 heterocycles. The van der Waals surface area contributed by atoms with Gasteiger partial charge < -0.3 is 15.4 Å². The Morgan fingerprint density at radius 3 is 2.60 bits per heavy atom. The minimum Gasteiger partial charge on any atom is -0.423 e. The lowest BCUT2D eigenvalue weighted by atomic mass is 9.78. The average molecular weight is 204 g/mol. The number of carbonyl (C=O) groups is 1. The van der Waals surface area contributed by atoms with E-state index in [1.54, 1.807) is 0 Å². The van der Waals surface area contributed by atoms with Crippen LogP contribution in [0, 0.1) is 11.3 Å². The van der Waals surface area contributed by atoms with E-state index in [0.717, 1.165) is 0 Å². The molecule has 0 aliphatic rings. The van der Waals surface area contributed by atoms with Gasteiger partial charge in [-0.15, -0.1) is 0 Å². The van der Waals surface area contributed by atoms with Gasteiger partial charge in [0.25, 0.3) is 5.91 Å². The van der Waals surface area contributed by atoms with Crippen LogP contribution >= 0.6 is 0 Å². The van der Waals surface area contributed by atoms with Crippen LogP contribution in [0.2, 0.25) is 0 Å². The fourth-order valence-electron chi connectivity index (χ4n) is 1.14. The summed E-state index contributed by atoms with van der Waals surface area (Å²) in [4.78, 5) is 11.3. The third-order valence-corrected chi connectivity index (χ3v) is 1.87. The minimum absolute atomic E-state index is 0.118. The third kappa shape index (κ3) is 2.56. The Morgan fingerprint density at radius 2 is 2.13 bits per heavy atom. The molecule has 76 valence electrons. The van der Waals surface area contributed by atoms with Gasteiger partial charge in [-0.1, -0.05) is 0 Å². The summed E-state index contributed by atoms with van der Waals surface area (Å²) in [6.07, 6.45) is 0. The molecule has 0 aliphatic heterocycles. The quantitative estimate of drug-likeness (QED) is 0.516. The smallest absolute Gasteiger partial charge is 0.423 e. The van der Waals surface area contributed by atoms with Crippen LogP contribution in [0.25, 0.3) is 0 Å². The molecular formula is C9H9BN2O3. The number of nitrogens with one attached hydrogen (secondary N) is 1. The highest BCUT2D eigenvalue weighted by atomic mass is 16.4. The van der Waals surface area contributed by atoms with E-state index in [1.807, 2.05) is 6.07 Å². The van der Waals surface area contributed by atoms with Crippen LogP contribution in [-0.2, 0) is 0 Å². The van der Waals surface area contributed by atoms with E-state index in [1.165, 1.54) is 25.2 Å². The lowest BCUT2D eigenvalue weighted by molar-refractivity contribution is 0.0963. The molecule has 0 bridgehead atoms. The summed E-state index contributed by atoms with van der Waals surface area (Å²) in [5.74, 6) is -0.381. The second kappa shape index (κ2) is 4.60. The highest BCUT2D eigenvalue weighted by Crippen LogP contribution is 2.02. The van der Waals surface area contributed by atoms with Crippen molar-refractivity contribution < 1.29 is 14.8 Å². The van der Waals surface area contributed by atoms with Crippen molar-refractivity contribution in [1.29, 1.82) is 5.26 Å². The predicted molar refractivity (Wildman–Crippen MR) is 54.4 cm³/mol. The molecule has 0 aliphatic carbocycles. The lowest BCUT2D eigenvalue weighted by Crippen LogP contribution is -2.31. The highest BCUT2D eigenvalue weighted by Gasteiger charge is 2.15. The molecule has 3 N–H and O–H groups in total. The van der Waals surface area contributed by atoms with Crippen molar-refractivity contribution in [2.45, 2.75) is 0 Å². The van der Waals surface area contributed by atoms with Gasteiger partial charge in [0.05, 0.1) is 11.6 Å². The zero-order valence-electron chi connectivity index (χ0n) is 8.06. The summed E-state index contributed by atoms with van der Waals surface area (Å²) >= 11 is 0. The number of amides is 1. The molecule has 0 radical (unpaired) electrons. The van der Waals surface area contributed by atoms with Gasteiger partial charge in [-0.05, 0) is 23.7 Å². The van der Waals surface area contributed by atoms with Gasteiger partial charge in [-0.3, -0.25) is 4.79 Å². The molecule has 1 rings (SSSR count). The maximum absolute atomic E-state index is 11.3. The van der Waals surface area contributed by atoms with Crippen molar-refractivity contribution in [3.05, 3.63) is 29.3 Å². The molecule has 0 fully saturated rings. The Morgan fingerprint density at radius 1 is 1.47 bits per heavy atom. The van der Waals surface area contributed by atoms with Gasteiger partial charge in [0, 0.05) is 12.6 Å². The van der Waals surface area contributed by atoms with E-state index >= 15 is 0 Å². The van der Waals surface area contributed by atoms with Gasteiger partial charge in [0.15, 0.2) is 0 Å². The minimum atomic E-state index is -1.69. The number of rotatable bonds is 2. The van der Waals surface area contributed by atoms with Gasteiger partial charge >= 0.3 is 7.12 Å². The standard InChI is InChI=1S/C9H9BN2O3/c1-12-9(13)7-2-6(5-11)3-8(4-7)10(14)15/h2-4,14-15H,1H3,(H,12,13). The molecule has 0 unspecified atom stereocenters. The second-order valence-corrected chi connectivity index (χ2v) is 2.91. The Bertz CT molecular complexity index is 426. The van der Waals surface area contributed by atoms with E-state index in [2.05, 4.69) is 5.32 Å². The number of nitriles is 1. The SMILES string of the molecule is CNC(=O)c1cc(C#N)cc(B(O)O)c1. The van der Waals surface area contributed by atoms with Crippen molar-refractivity contribution >= 4 is 18.5 Å². The number of hydrogen-bond acceptors (Lipinski definition) is 4. The summed E-state index contributed by atoms with van der Waals surface area (Å²) in [6, 6.07) is 5.86. The summed E-state index contributed by atoms with van der Waals surface area (Å²) < 4.78 is 0. The Kier molecular flexibility index (Phi) is 3.44. The first kappa shape index (κ1) is 11.2. The Hall–Kier alpha value is -1.84. The van der Waals surface area contributed by atoms with E-state index in [0.29, 0.717) is 0 Å². The fraction of sp³-hybridized carbons (Fsp3) is 0.111. The molecule has 15 heavy (non-hydrogen) atoms. The summed E-state index contributed by atoms with van der Waals surface area (Å²) in [5, 5.41) is 28.9. The van der Waals surface area contributed by atoms with Crippen molar-refractivity contribution in [3.8, 4) is 6.07 Å². The fourth-order valence-corrected chi connectivity index (χ4v) is 1.14. The first-order valence-electron chi connectivity index (χ1n) is 4.21. The molecule has 1 aromatic carbocycles. The number of nitrogens with zero attached hydrogens (tertiary/aromatic N) is 1. The molecule has 5 nitrogen and oxygen atoms in total. The zero-order chi connectivity index (χ0) is 11.4. The molecule has 0 saturated carbocycles. The van der Waals surface area contributed by atoms with Gasteiger partial charge in [-0.2, -0.15) is 5.26 Å². The second-order valence-electron chi connectivity index (χ2n) is 2.91. The molecule has 0 aromatic heterocycles. The van der Waals surface area contributed by atoms with Crippen LogP contribution in [0.5, 0.6) is 0 Å². The maximum atomic E-state index is 11.3. The topological polar surface area (TPSA) is 93.4 Å². The van der Waals surface area contributed by atoms with Crippen LogP contribution in [0.3, 0.4) is 0 Å². The Labute approximate surface area is 87.1 Å². The largest absolute Gasteiger partial charge is 0.488 e. The molecule has 1 aromatic rings. The predicted octanol–water partition coefficient (Wildman–Crippen LogP) is -1.40. The zero-order valence-corrected chi connectivity index (χ0v) is 8.06. The first-order valence-corrected chi connectivity index (χ1v) is 4.21. The molecule has 0 spiro atoms. The monoisotopic (exact) mass is 204 g/mol. The summed E-state index contributed by atoms with van der Waals surface area (Å²) in [6.45, 7) is 0. The van der Waals surface area contributed by atoms with E-state index < -0.39 is 7.12 Å². The molecule has 0 saturated heterocycles. The molecule has 6 heteroatoms. The normalized spacial score (nSPS) is 9.20. The van der Waals surface area contributed by atoms with Gasteiger partial charge in [0.2, 0.25) is 0 Å². The van der Waals surface area contributed by atoms with Crippen LogP contribution in [-0.4, -0.2) is 30.1 Å². The van der Waals surface area contributed by atoms with Crippen LogP contribution in [0.15, 0.2) is 18.2 Å². The molecular weight excluding hydrogens is 195 g/mol. The average Bonchev–Trinajstić information content (AvgIpc) is 2.27. The van der Waals surface area contributed by atoms with E-state index in [-0.39, 0.29) is 22.5 Å². The van der Waals surface area contributed by atoms with Crippen LogP contribution in [0.4, 0.5) is 0 Å². The van der Waals surface area contributed by atoms with Gasteiger partial charge in [0.1, 0.15) is 0 Å². The van der Waals surface area contributed by atoms with Crippen molar-refractivity contribution in [2.75, 3.05) is 7.05 Å². The van der Waals surface area contributed by atoms with E-state index in [4.69, 9.17) is 15.3 Å². The molecule has 0 atom stereocenters. The maximum Gasteiger partial charge on any atom is 0.488 e. The number of hydrogen-bond donors (Lipinski definition) is 3. The highest BCUT2D eigenvalue weighted by molar-refractivity contribution is 6.58. The Balaban J connectivity index is 3.24. The number of benzene rings is 1. The summed E-state index contributed by atoms with van der Waals surface area (Å²) in [5.41, 5.74) is 0.548. The lowest BCUT2D eigenvalue weighted by Gasteiger charge is -2.04. The number of carbonyl (C=O) groups excluding carboxylic acids is 1.